The maximum atomic E-state index is 5.36. The van der Waals surface area contributed by atoms with Crippen LogP contribution in [-0.4, -0.2) is 39.0 Å². The fraction of sp³-hybridized carbons (Fsp3) is 0.125. The van der Waals surface area contributed by atoms with Crippen LogP contribution in [0.3, 0.4) is 0 Å². The van der Waals surface area contributed by atoms with Crippen LogP contribution < -0.4 is 0 Å². The summed E-state index contributed by atoms with van der Waals surface area (Å²) >= 11 is 3.39. The molecule has 0 spiro atoms. The summed E-state index contributed by atoms with van der Waals surface area (Å²) in [7, 11) is 1.92. The number of hydrogen-bond acceptors (Lipinski definition) is 9. The molecule has 0 bridgehead atoms. The lowest BCUT2D eigenvalue weighted by molar-refractivity contribution is 0.393. The first kappa shape index (κ1) is 33.3. The summed E-state index contributed by atoms with van der Waals surface area (Å²) in [4.78, 5) is 16.1. The smallest absolute Gasteiger partial charge is 0.141 e. The maximum Gasteiger partial charge on any atom is 0.141 e. The molecule has 258 valence electrons. The quantitative estimate of drug-likeness (QED) is 0.172. The zero-order valence-corrected chi connectivity index (χ0v) is 30.8. The van der Waals surface area contributed by atoms with Gasteiger partial charge in [0, 0.05) is 91.5 Å². The highest BCUT2D eigenvalue weighted by Gasteiger charge is 2.19. The van der Waals surface area contributed by atoms with Gasteiger partial charge < -0.3 is 14.0 Å². The second-order valence-electron chi connectivity index (χ2n) is 12.4. The van der Waals surface area contributed by atoms with Crippen LogP contribution in [-0.2, 0) is 7.05 Å². The summed E-state index contributed by atoms with van der Waals surface area (Å²) in [6, 6.07) is 25.0. The molecule has 1 N–H and O–H groups in total. The zero-order chi connectivity index (χ0) is 35.8. The Hall–Kier alpha value is -5.85. The molecule has 10 nitrogen and oxygen atoms in total. The summed E-state index contributed by atoms with van der Waals surface area (Å²) in [5, 5.41) is 13.6. The molecule has 9 rings (SSSR count). The van der Waals surface area contributed by atoms with Crippen LogP contribution in [0.15, 0.2) is 134 Å². The molecule has 2 aromatic carbocycles. The van der Waals surface area contributed by atoms with Gasteiger partial charge in [-0.3, -0.25) is 13.6 Å². The van der Waals surface area contributed by atoms with Crippen molar-refractivity contribution in [1.29, 1.82) is 0 Å². The molecule has 0 amide bonds. The van der Waals surface area contributed by atoms with Crippen molar-refractivity contribution in [2.24, 2.45) is 7.05 Å². The van der Waals surface area contributed by atoms with E-state index in [9.17, 15) is 0 Å². The van der Waals surface area contributed by atoms with E-state index in [4.69, 9.17) is 14.0 Å². The predicted molar refractivity (Wildman–Crippen MR) is 206 cm³/mol. The second kappa shape index (κ2) is 14.0. The number of rotatable bonds is 7. The molecule has 0 saturated heterocycles. The van der Waals surface area contributed by atoms with Gasteiger partial charge >= 0.3 is 0 Å². The van der Waals surface area contributed by atoms with Crippen molar-refractivity contribution in [2.45, 2.75) is 42.4 Å². The molecule has 7 aromatic heterocycles. The minimum absolute atomic E-state index is 0.796. The third kappa shape index (κ3) is 6.54. The average Bonchev–Trinajstić information content (AvgIpc) is 3.99. The first-order valence-electron chi connectivity index (χ1n) is 16.6. The predicted octanol–water partition coefficient (Wildman–Crippen LogP) is 10.2. The highest BCUT2D eigenvalue weighted by molar-refractivity contribution is 7.99. The molecule has 0 radical (unpaired) electrons. The number of aryl methyl sites for hydroxylation is 5. The van der Waals surface area contributed by atoms with Crippen LogP contribution >= 0.6 is 23.7 Å². The molecule has 0 fully saturated rings. The van der Waals surface area contributed by atoms with Crippen LogP contribution in [0.2, 0.25) is 0 Å². The molecule has 0 atom stereocenters. The third-order valence-corrected chi connectivity index (χ3v) is 10.7. The van der Waals surface area contributed by atoms with Crippen molar-refractivity contribution in [3.8, 4) is 33.4 Å². The number of aromatic amines is 1. The lowest BCUT2D eigenvalue weighted by atomic mass is 10.1. The van der Waals surface area contributed by atoms with Crippen LogP contribution in [0.1, 0.15) is 22.9 Å². The van der Waals surface area contributed by atoms with Gasteiger partial charge in [-0.25, -0.2) is 4.98 Å². The molecular formula is C40H34N8O2S2. The molecule has 9 aromatic rings. The summed E-state index contributed by atoms with van der Waals surface area (Å²) in [6.45, 7) is 7.76. The van der Waals surface area contributed by atoms with Gasteiger partial charge in [0.15, 0.2) is 0 Å². The van der Waals surface area contributed by atoms with Crippen molar-refractivity contribution < 1.29 is 9.05 Å². The Morgan fingerprint density at radius 3 is 1.94 bits per heavy atom. The summed E-state index contributed by atoms with van der Waals surface area (Å²) in [6.07, 6.45) is 11.8. The fourth-order valence-electron chi connectivity index (χ4n) is 6.26. The number of nitrogens with zero attached hydrogens (tertiary/aromatic N) is 7. The first-order chi connectivity index (χ1) is 25.3. The molecular weight excluding hydrogens is 689 g/mol. The third-order valence-electron chi connectivity index (χ3n) is 8.68. The number of pyridine rings is 2. The molecule has 0 aliphatic carbocycles. The Kier molecular flexibility index (Phi) is 9.00. The van der Waals surface area contributed by atoms with Gasteiger partial charge in [0.1, 0.15) is 17.2 Å². The fourth-order valence-corrected chi connectivity index (χ4v) is 8.09. The van der Waals surface area contributed by atoms with E-state index in [1.165, 1.54) is 4.90 Å². The van der Waals surface area contributed by atoms with E-state index >= 15 is 0 Å². The summed E-state index contributed by atoms with van der Waals surface area (Å²) in [5.41, 5.74) is 10.8. The zero-order valence-electron chi connectivity index (χ0n) is 29.2. The van der Waals surface area contributed by atoms with E-state index < -0.39 is 0 Å². The number of fused-ring (bicyclic) bond motifs is 2. The lowest BCUT2D eigenvalue weighted by Crippen LogP contribution is -1.88. The standard InChI is InChI=1S/C22H19N5OS.C18H15N3OS/c1-14-21(15(2)28-25-14)16-9-20-22(23-10-16)19(17-11-24-26(3)12-17)13-27(20)29-18-7-5-4-6-8-18;1-11-17(12(2)22-21-11)13-8-15-16(10-20-18(15)19-9-13)23-14-6-4-3-5-7-14/h4-13H,1-3H3;3-10H,1-2H3,(H,19,20). The highest BCUT2D eigenvalue weighted by Crippen LogP contribution is 2.38. The Morgan fingerprint density at radius 2 is 1.33 bits per heavy atom. The molecule has 0 aliphatic heterocycles. The number of H-pyrrole nitrogens is 1. The highest BCUT2D eigenvalue weighted by atomic mass is 32.2. The number of nitrogens with one attached hydrogen (secondary N) is 1. The van der Waals surface area contributed by atoms with Gasteiger partial charge in [0.05, 0.1) is 28.6 Å². The summed E-state index contributed by atoms with van der Waals surface area (Å²) in [5.74, 6) is 1.61. The SMILES string of the molecule is Cc1noc(C)c1-c1cnc2[nH]cc(Sc3ccccc3)c2c1.Cc1noc(C)c1-c1cnc2c(-c3cnn(C)c3)cn(Sc3ccccc3)c2c1. The van der Waals surface area contributed by atoms with Gasteiger partial charge in [-0.1, -0.05) is 58.5 Å². The van der Waals surface area contributed by atoms with E-state index in [1.807, 2.05) is 102 Å². The summed E-state index contributed by atoms with van der Waals surface area (Å²) < 4.78 is 14.6. The molecule has 0 saturated carbocycles. The molecule has 52 heavy (non-hydrogen) atoms. The van der Waals surface area contributed by atoms with E-state index in [2.05, 4.69) is 71.9 Å². The molecule has 0 unspecified atom stereocenters. The normalized spacial score (nSPS) is 11.3. The second-order valence-corrected chi connectivity index (χ2v) is 14.5. The topological polar surface area (TPSA) is 116 Å². The van der Waals surface area contributed by atoms with Gasteiger partial charge in [0.25, 0.3) is 0 Å². The Bertz CT molecular complexity index is 2610. The first-order valence-corrected chi connectivity index (χ1v) is 18.2. The van der Waals surface area contributed by atoms with Gasteiger partial charge in [-0.05, 0) is 76.0 Å². The maximum absolute atomic E-state index is 5.36. The van der Waals surface area contributed by atoms with Crippen molar-refractivity contribution in [1.82, 2.24) is 39.0 Å². The molecule has 7 heterocycles. The minimum atomic E-state index is 0.796. The average molecular weight is 723 g/mol. The number of hydrogen-bond donors (Lipinski definition) is 1. The van der Waals surface area contributed by atoms with E-state index in [1.54, 1.807) is 28.4 Å². The van der Waals surface area contributed by atoms with Crippen molar-refractivity contribution >= 4 is 45.8 Å². The molecule has 0 aliphatic rings. The molecule has 12 heteroatoms. The van der Waals surface area contributed by atoms with E-state index in [-0.39, 0.29) is 0 Å². The monoisotopic (exact) mass is 722 g/mol. The largest absolute Gasteiger partial charge is 0.361 e. The van der Waals surface area contributed by atoms with Crippen LogP contribution in [0.25, 0.3) is 55.4 Å². The number of benzene rings is 2. The Balaban J connectivity index is 0.000000153. The van der Waals surface area contributed by atoms with Gasteiger partial charge in [-0.15, -0.1) is 0 Å². The van der Waals surface area contributed by atoms with Crippen molar-refractivity contribution in [2.75, 3.05) is 0 Å². The lowest BCUT2D eigenvalue weighted by Gasteiger charge is -2.06. The minimum Gasteiger partial charge on any atom is -0.361 e. The Morgan fingerprint density at radius 1 is 0.692 bits per heavy atom. The van der Waals surface area contributed by atoms with E-state index in [0.717, 1.165) is 88.1 Å². The van der Waals surface area contributed by atoms with Gasteiger partial charge in [-0.2, -0.15) is 5.10 Å². The van der Waals surface area contributed by atoms with Gasteiger partial charge in [0.2, 0.25) is 0 Å². The van der Waals surface area contributed by atoms with Crippen LogP contribution in [0.4, 0.5) is 0 Å². The number of aromatic nitrogens is 8. The van der Waals surface area contributed by atoms with Crippen molar-refractivity contribution in [3.63, 3.8) is 0 Å². The van der Waals surface area contributed by atoms with E-state index in [0.29, 0.717) is 0 Å². The van der Waals surface area contributed by atoms with Crippen LogP contribution in [0, 0.1) is 27.7 Å². The van der Waals surface area contributed by atoms with Crippen LogP contribution in [0.5, 0.6) is 0 Å². The Labute approximate surface area is 308 Å². The van der Waals surface area contributed by atoms with Crippen molar-refractivity contribution in [3.05, 3.63) is 133 Å².